The molecule has 0 bridgehead atoms. The normalized spacial score (nSPS) is 20.2. The third-order valence-electron chi connectivity index (χ3n) is 3.36. The van der Waals surface area contributed by atoms with Gasteiger partial charge in [-0.2, -0.15) is 0 Å². The molecular weight excluding hydrogens is 312 g/mol. The standard InChI is InChI=1S/C14H19ClN2O3S/c1-2-6-16-13-4-3-10(15)8-12(13)14(18)17-11-5-7-21(19,20)9-11/h3-4,8,11,16H,2,5-7,9H2,1H3,(H,17,18). The van der Waals surface area contributed by atoms with Crippen molar-refractivity contribution in [2.75, 3.05) is 23.4 Å². The second-order valence-electron chi connectivity index (χ2n) is 5.19. The summed E-state index contributed by atoms with van der Waals surface area (Å²) in [6.45, 7) is 2.78. The van der Waals surface area contributed by atoms with Gasteiger partial charge in [-0.25, -0.2) is 8.42 Å². The number of anilines is 1. The number of carbonyl (C=O) groups excluding carboxylic acids is 1. The number of hydrogen-bond donors (Lipinski definition) is 2. The molecule has 1 amide bonds. The summed E-state index contributed by atoms with van der Waals surface area (Å²) in [4.78, 5) is 12.3. The van der Waals surface area contributed by atoms with Crippen molar-refractivity contribution >= 4 is 33.0 Å². The summed E-state index contributed by atoms with van der Waals surface area (Å²) >= 11 is 5.95. The monoisotopic (exact) mass is 330 g/mol. The second kappa shape index (κ2) is 6.66. The molecule has 1 saturated heterocycles. The fourth-order valence-electron chi connectivity index (χ4n) is 2.29. The zero-order valence-electron chi connectivity index (χ0n) is 11.9. The molecule has 0 aromatic heterocycles. The van der Waals surface area contributed by atoms with Crippen LogP contribution >= 0.6 is 11.6 Å². The smallest absolute Gasteiger partial charge is 0.253 e. The highest BCUT2D eigenvalue weighted by molar-refractivity contribution is 7.91. The van der Waals surface area contributed by atoms with Crippen LogP contribution in [0.2, 0.25) is 5.02 Å². The molecule has 21 heavy (non-hydrogen) atoms. The van der Waals surface area contributed by atoms with E-state index in [9.17, 15) is 13.2 Å². The Kier molecular flexibility index (Phi) is 5.11. The predicted molar refractivity (Wildman–Crippen MR) is 84.8 cm³/mol. The molecule has 0 aliphatic carbocycles. The first-order valence-electron chi connectivity index (χ1n) is 6.96. The quantitative estimate of drug-likeness (QED) is 0.866. The molecular formula is C14H19ClN2O3S. The van der Waals surface area contributed by atoms with E-state index in [1.54, 1.807) is 18.2 Å². The van der Waals surface area contributed by atoms with Crippen LogP contribution in [0, 0.1) is 0 Å². The number of halogens is 1. The zero-order chi connectivity index (χ0) is 15.5. The molecule has 0 radical (unpaired) electrons. The van der Waals surface area contributed by atoms with E-state index in [0.717, 1.165) is 13.0 Å². The molecule has 116 valence electrons. The predicted octanol–water partition coefficient (Wildman–Crippen LogP) is 2.08. The van der Waals surface area contributed by atoms with Crippen molar-refractivity contribution in [3.05, 3.63) is 28.8 Å². The van der Waals surface area contributed by atoms with Gasteiger partial charge in [-0.3, -0.25) is 4.79 Å². The number of nitrogens with one attached hydrogen (secondary N) is 2. The number of benzene rings is 1. The maximum Gasteiger partial charge on any atom is 0.253 e. The average Bonchev–Trinajstić information content (AvgIpc) is 2.76. The number of hydrogen-bond acceptors (Lipinski definition) is 4. The largest absolute Gasteiger partial charge is 0.384 e. The van der Waals surface area contributed by atoms with E-state index in [1.807, 2.05) is 6.92 Å². The van der Waals surface area contributed by atoms with Crippen molar-refractivity contribution in [2.45, 2.75) is 25.8 Å². The molecule has 1 atom stereocenters. The maximum atomic E-state index is 12.3. The first-order valence-corrected chi connectivity index (χ1v) is 9.16. The average molecular weight is 331 g/mol. The summed E-state index contributed by atoms with van der Waals surface area (Å²) < 4.78 is 22.9. The van der Waals surface area contributed by atoms with E-state index in [-0.39, 0.29) is 23.5 Å². The summed E-state index contributed by atoms with van der Waals surface area (Å²) in [6.07, 6.45) is 1.40. The lowest BCUT2D eigenvalue weighted by atomic mass is 10.1. The van der Waals surface area contributed by atoms with E-state index < -0.39 is 9.84 Å². The summed E-state index contributed by atoms with van der Waals surface area (Å²) in [6, 6.07) is 4.76. The molecule has 7 heteroatoms. The van der Waals surface area contributed by atoms with E-state index in [1.165, 1.54) is 0 Å². The molecule has 1 aliphatic rings. The zero-order valence-corrected chi connectivity index (χ0v) is 13.4. The molecule has 2 N–H and O–H groups in total. The molecule has 1 unspecified atom stereocenters. The Labute approximate surface area is 130 Å². The minimum atomic E-state index is -3.01. The van der Waals surface area contributed by atoms with Crippen molar-refractivity contribution < 1.29 is 13.2 Å². The van der Waals surface area contributed by atoms with Gasteiger partial charge >= 0.3 is 0 Å². The minimum absolute atomic E-state index is 0.0109. The van der Waals surface area contributed by atoms with Crippen molar-refractivity contribution in [2.24, 2.45) is 0 Å². The molecule has 2 rings (SSSR count). The van der Waals surface area contributed by atoms with Crippen molar-refractivity contribution in [1.29, 1.82) is 0 Å². The van der Waals surface area contributed by atoms with Gasteiger partial charge in [0.05, 0.1) is 17.1 Å². The molecule has 1 fully saturated rings. The van der Waals surface area contributed by atoms with Gasteiger partial charge in [0.1, 0.15) is 0 Å². The van der Waals surface area contributed by atoms with E-state index >= 15 is 0 Å². The molecule has 5 nitrogen and oxygen atoms in total. The van der Waals surface area contributed by atoms with Crippen LogP contribution in [0.25, 0.3) is 0 Å². The molecule has 1 aliphatic heterocycles. The highest BCUT2D eigenvalue weighted by Gasteiger charge is 2.29. The van der Waals surface area contributed by atoms with Crippen LogP contribution in [0.5, 0.6) is 0 Å². The van der Waals surface area contributed by atoms with Crippen LogP contribution in [-0.4, -0.2) is 38.4 Å². The van der Waals surface area contributed by atoms with Gasteiger partial charge in [0.15, 0.2) is 9.84 Å². The van der Waals surface area contributed by atoms with Gasteiger partial charge in [0.2, 0.25) is 0 Å². The fraction of sp³-hybridized carbons (Fsp3) is 0.500. The van der Waals surface area contributed by atoms with Gasteiger partial charge < -0.3 is 10.6 Å². The van der Waals surface area contributed by atoms with Crippen molar-refractivity contribution in [1.82, 2.24) is 5.32 Å². The summed E-state index contributed by atoms with van der Waals surface area (Å²) in [5, 5.41) is 6.43. The van der Waals surface area contributed by atoms with Gasteiger partial charge in [-0.15, -0.1) is 0 Å². The van der Waals surface area contributed by atoms with E-state index in [2.05, 4.69) is 10.6 Å². The number of sulfone groups is 1. The molecule has 0 spiro atoms. The van der Waals surface area contributed by atoms with Crippen LogP contribution in [0.3, 0.4) is 0 Å². The summed E-state index contributed by atoms with van der Waals surface area (Å²) in [7, 11) is -3.01. The lowest BCUT2D eigenvalue weighted by Gasteiger charge is -2.15. The number of carbonyl (C=O) groups is 1. The molecule has 1 aromatic carbocycles. The Bertz CT molecular complexity index is 631. The molecule has 0 saturated carbocycles. The molecule has 1 heterocycles. The fourth-order valence-corrected chi connectivity index (χ4v) is 4.14. The third-order valence-corrected chi connectivity index (χ3v) is 5.36. The van der Waals surface area contributed by atoms with Gasteiger partial charge in [-0.05, 0) is 31.0 Å². The second-order valence-corrected chi connectivity index (χ2v) is 7.86. The van der Waals surface area contributed by atoms with Crippen LogP contribution in [-0.2, 0) is 9.84 Å². The lowest BCUT2D eigenvalue weighted by Crippen LogP contribution is -2.36. The van der Waals surface area contributed by atoms with E-state index in [4.69, 9.17) is 11.6 Å². The Balaban J connectivity index is 2.12. The first-order chi connectivity index (χ1) is 9.91. The Morgan fingerprint density at radius 1 is 1.43 bits per heavy atom. The van der Waals surface area contributed by atoms with Gasteiger partial charge in [0.25, 0.3) is 5.91 Å². The Morgan fingerprint density at radius 3 is 2.81 bits per heavy atom. The number of amides is 1. The van der Waals surface area contributed by atoms with Gasteiger partial charge in [-0.1, -0.05) is 18.5 Å². The van der Waals surface area contributed by atoms with Crippen LogP contribution < -0.4 is 10.6 Å². The first kappa shape index (κ1) is 16.1. The third kappa shape index (κ3) is 4.35. The van der Waals surface area contributed by atoms with Crippen LogP contribution in [0.4, 0.5) is 5.69 Å². The Morgan fingerprint density at radius 2 is 2.19 bits per heavy atom. The van der Waals surface area contributed by atoms with Crippen molar-refractivity contribution in [3.63, 3.8) is 0 Å². The summed E-state index contributed by atoms with van der Waals surface area (Å²) in [5.41, 5.74) is 1.15. The Hall–Kier alpha value is -1.27. The van der Waals surface area contributed by atoms with Gasteiger partial charge in [0, 0.05) is 23.3 Å². The van der Waals surface area contributed by atoms with E-state index in [0.29, 0.717) is 22.7 Å². The number of rotatable bonds is 5. The van der Waals surface area contributed by atoms with Crippen LogP contribution in [0.15, 0.2) is 18.2 Å². The van der Waals surface area contributed by atoms with Crippen molar-refractivity contribution in [3.8, 4) is 0 Å². The SMILES string of the molecule is CCCNc1ccc(Cl)cc1C(=O)NC1CCS(=O)(=O)C1. The summed E-state index contributed by atoms with van der Waals surface area (Å²) in [5.74, 6) is -0.149. The highest BCUT2D eigenvalue weighted by Crippen LogP contribution is 2.21. The topological polar surface area (TPSA) is 75.3 Å². The molecule has 1 aromatic rings. The van der Waals surface area contributed by atoms with Crippen LogP contribution in [0.1, 0.15) is 30.1 Å². The minimum Gasteiger partial charge on any atom is -0.384 e. The lowest BCUT2D eigenvalue weighted by molar-refractivity contribution is 0.0942. The highest BCUT2D eigenvalue weighted by atomic mass is 35.5. The maximum absolute atomic E-state index is 12.3.